The number of rotatable bonds is 6. The molecule has 1 heterocycles. The van der Waals surface area contributed by atoms with Crippen LogP contribution in [0, 0.1) is 17.0 Å². The smallest absolute Gasteiger partial charge is 0.311 e. The average molecular weight is 382 g/mol. The highest BCUT2D eigenvalue weighted by atomic mass is 32.1. The van der Waals surface area contributed by atoms with Crippen molar-refractivity contribution in [2.45, 2.75) is 38.9 Å². The fraction of sp³-hybridized carbons (Fsp3) is 0.500. The number of thiocarbonyl (C=S) groups is 1. The SMILES string of the molecule is Cc1ccc(O[C@H](C)C(=O)NNC(=S)NC[C@H]2CCCO2)c([N+](=O)[O-])c1. The van der Waals surface area contributed by atoms with Gasteiger partial charge in [-0.1, -0.05) is 6.07 Å². The molecule has 0 aliphatic carbocycles. The van der Waals surface area contributed by atoms with Crippen LogP contribution in [0.5, 0.6) is 5.75 Å². The van der Waals surface area contributed by atoms with Crippen LogP contribution in [0.15, 0.2) is 18.2 Å². The Morgan fingerprint density at radius 3 is 2.92 bits per heavy atom. The minimum Gasteiger partial charge on any atom is -0.474 e. The van der Waals surface area contributed by atoms with Gasteiger partial charge in [0.2, 0.25) is 0 Å². The molecule has 0 spiro atoms. The first kappa shape index (κ1) is 19.9. The first-order valence-electron chi connectivity index (χ1n) is 8.24. The van der Waals surface area contributed by atoms with E-state index in [4.69, 9.17) is 21.7 Å². The molecule has 1 aliphatic heterocycles. The predicted molar refractivity (Wildman–Crippen MR) is 98.8 cm³/mol. The van der Waals surface area contributed by atoms with E-state index in [0.717, 1.165) is 25.0 Å². The quantitative estimate of drug-likeness (QED) is 0.384. The Labute approximate surface area is 156 Å². The standard InChI is InChI=1S/C16H22N4O5S/c1-10-5-6-14(13(8-10)20(22)23)25-11(2)15(21)18-19-16(26)17-9-12-4-3-7-24-12/h5-6,8,11-12H,3-4,7,9H2,1-2H3,(H,18,21)(H2,17,19,26)/t11-,12-/m1/s1. The predicted octanol–water partition coefficient (Wildman–Crippen LogP) is 1.34. The Hall–Kier alpha value is -2.46. The van der Waals surface area contributed by atoms with Gasteiger partial charge in [-0.3, -0.25) is 25.8 Å². The third-order valence-electron chi connectivity index (χ3n) is 3.80. The second kappa shape index (κ2) is 9.30. The Balaban J connectivity index is 1.80. The van der Waals surface area contributed by atoms with E-state index >= 15 is 0 Å². The largest absolute Gasteiger partial charge is 0.474 e. The lowest BCUT2D eigenvalue weighted by molar-refractivity contribution is -0.386. The van der Waals surface area contributed by atoms with Crippen LogP contribution in [0.25, 0.3) is 0 Å². The van der Waals surface area contributed by atoms with Gasteiger partial charge in [-0.15, -0.1) is 0 Å². The Bertz CT molecular complexity index is 679. The summed E-state index contributed by atoms with van der Waals surface area (Å²) in [5, 5.41) is 14.3. The Morgan fingerprint density at radius 2 is 2.27 bits per heavy atom. The number of nitrogens with zero attached hydrogens (tertiary/aromatic N) is 1. The Kier molecular flexibility index (Phi) is 7.10. The van der Waals surface area contributed by atoms with Crippen LogP contribution in [0.3, 0.4) is 0 Å². The van der Waals surface area contributed by atoms with Crippen molar-refractivity contribution in [2.24, 2.45) is 0 Å². The maximum absolute atomic E-state index is 12.1. The van der Waals surface area contributed by atoms with Crippen LogP contribution in [-0.4, -0.2) is 41.3 Å². The second-order valence-corrected chi connectivity index (χ2v) is 6.36. The van der Waals surface area contributed by atoms with Gasteiger partial charge in [-0.25, -0.2) is 0 Å². The van der Waals surface area contributed by atoms with E-state index in [1.807, 2.05) is 0 Å². The summed E-state index contributed by atoms with van der Waals surface area (Å²) in [6.07, 6.45) is 1.17. The first-order valence-corrected chi connectivity index (χ1v) is 8.64. The van der Waals surface area contributed by atoms with Crippen LogP contribution in [0.1, 0.15) is 25.3 Å². The topological polar surface area (TPSA) is 115 Å². The third-order valence-corrected chi connectivity index (χ3v) is 4.04. The van der Waals surface area contributed by atoms with Crippen LogP contribution in [0.2, 0.25) is 0 Å². The summed E-state index contributed by atoms with van der Waals surface area (Å²) < 4.78 is 10.9. The van der Waals surface area contributed by atoms with Crippen molar-refractivity contribution in [3.8, 4) is 5.75 Å². The minimum absolute atomic E-state index is 0.0299. The van der Waals surface area contributed by atoms with Gasteiger partial charge in [0.05, 0.1) is 11.0 Å². The van der Waals surface area contributed by atoms with Gasteiger partial charge in [-0.05, 0) is 50.5 Å². The molecule has 1 saturated heterocycles. The molecule has 142 valence electrons. The van der Waals surface area contributed by atoms with Crippen LogP contribution in [0.4, 0.5) is 5.69 Å². The molecule has 1 aromatic rings. The zero-order valence-electron chi connectivity index (χ0n) is 14.6. The van der Waals surface area contributed by atoms with E-state index < -0.39 is 16.9 Å². The number of nitro groups is 1. The molecule has 0 saturated carbocycles. The fourth-order valence-electron chi connectivity index (χ4n) is 2.39. The van der Waals surface area contributed by atoms with Crippen LogP contribution in [-0.2, 0) is 9.53 Å². The van der Waals surface area contributed by atoms with Gasteiger partial charge in [0, 0.05) is 19.2 Å². The summed E-state index contributed by atoms with van der Waals surface area (Å²) in [5.74, 6) is -0.483. The molecule has 2 atom stereocenters. The summed E-state index contributed by atoms with van der Waals surface area (Å²) in [6.45, 7) is 4.54. The minimum atomic E-state index is -0.954. The highest BCUT2D eigenvalue weighted by Crippen LogP contribution is 2.28. The molecule has 0 unspecified atom stereocenters. The molecule has 9 nitrogen and oxygen atoms in total. The monoisotopic (exact) mass is 382 g/mol. The Morgan fingerprint density at radius 1 is 1.50 bits per heavy atom. The number of amides is 1. The van der Waals surface area contributed by atoms with Crippen molar-refractivity contribution in [1.29, 1.82) is 0 Å². The lowest BCUT2D eigenvalue weighted by Crippen LogP contribution is -2.51. The molecular weight excluding hydrogens is 360 g/mol. The molecule has 0 radical (unpaired) electrons. The van der Waals surface area contributed by atoms with Crippen LogP contribution < -0.4 is 20.9 Å². The molecule has 1 fully saturated rings. The lowest BCUT2D eigenvalue weighted by atomic mass is 10.2. The summed E-state index contributed by atoms with van der Waals surface area (Å²) in [7, 11) is 0. The van der Waals surface area contributed by atoms with Gasteiger partial charge in [0.1, 0.15) is 0 Å². The number of hydrogen-bond donors (Lipinski definition) is 3. The number of carbonyl (C=O) groups is 1. The second-order valence-electron chi connectivity index (χ2n) is 5.95. The molecule has 2 rings (SSSR count). The highest BCUT2D eigenvalue weighted by molar-refractivity contribution is 7.80. The number of ether oxygens (including phenoxy) is 2. The molecular formula is C16H22N4O5S. The molecule has 1 aromatic carbocycles. The lowest BCUT2D eigenvalue weighted by Gasteiger charge is -2.17. The van der Waals surface area contributed by atoms with Crippen molar-refractivity contribution < 1.29 is 19.2 Å². The van der Waals surface area contributed by atoms with Crippen molar-refractivity contribution >= 4 is 28.9 Å². The first-order chi connectivity index (χ1) is 12.4. The van der Waals surface area contributed by atoms with E-state index in [-0.39, 0.29) is 22.7 Å². The molecule has 0 aromatic heterocycles. The maximum Gasteiger partial charge on any atom is 0.311 e. The summed E-state index contributed by atoms with van der Waals surface area (Å²) in [5.41, 5.74) is 5.52. The van der Waals surface area contributed by atoms with E-state index in [1.165, 1.54) is 19.1 Å². The third kappa shape index (κ3) is 5.81. The number of hydrogen-bond acceptors (Lipinski definition) is 6. The zero-order valence-corrected chi connectivity index (χ0v) is 15.4. The maximum atomic E-state index is 12.1. The molecule has 0 bridgehead atoms. The van der Waals surface area contributed by atoms with E-state index in [1.54, 1.807) is 13.0 Å². The van der Waals surface area contributed by atoms with Gasteiger partial charge in [-0.2, -0.15) is 0 Å². The average Bonchev–Trinajstić information content (AvgIpc) is 3.12. The van der Waals surface area contributed by atoms with Gasteiger partial charge in [0.25, 0.3) is 5.91 Å². The molecule has 1 aliphatic rings. The van der Waals surface area contributed by atoms with Crippen molar-refractivity contribution in [1.82, 2.24) is 16.2 Å². The number of benzene rings is 1. The van der Waals surface area contributed by atoms with Crippen molar-refractivity contribution in [3.05, 3.63) is 33.9 Å². The fourth-order valence-corrected chi connectivity index (χ4v) is 2.52. The van der Waals surface area contributed by atoms with Crippen molar-refractivity contribution in [3.63, 3.8) is 0 Å². The number of aryl methyl sites for hydroxylation is 1. The molecule has 26 heavy (non-hydrogen) atoms. The van der Waals surface area contributed by atoms with Gasteiger partial charge >= 0.3 is 5.69 Å². The number of nitrogens with one attached hydrogen (secondary N) is 3. The number of nitro benzene ring substituents is 1. The van der Waals surface area contributed by atoms with E-state index in [2.05, 4.69) is 16.2 Å². The van der Waals surface area contributed by atoms with E-state index in [0.29, 0.717) is 6.54 Å². The molecule has 1 amide bonds. The number of carbonyl (C=O) groups excluding carboxylic acids is 1. The van der Waals surface area contributed by atoms with Crippen molar-refractivity contribution in [2.75, 3.05) is 13.2 Å². The number of hydrazine groups is 1. The normalized spacial score (nSPS) is 17.2. The van der Waals surface area contributed by atoms with E-state index in [9.17, 15) is 14.9 Å². The summed E-state index contributed by atoms with van der Waals surface area (Å²) >= 11 is 5.07. The van der Waals surface area contributed by atoms with Crippen LogP contribution >= 0.6 is 12.2 Å². The molecule has 10 heteroatoms. The van der Waals surface area contributed by atoms with Gasteiger partial charge < -0.3 is 14.8 Å². The highest BCUT2D eigenvalue weighted by Gasteiger charge is 2.21. The molecule has 3 N–H and O–H groups in total. The van der Waals surface area contributed by atoms with Gasteiger partial charge in [0.15, 0.2) is 17.0 Å². The summed E-state index contributed by atoms with van der Waals surface area (Å²) in [4.78, 5) is 22.6. The zero-order chi connectivity index (χ0) is 19.1. The summed E-state index contributed by atoms with van der Waals surface area (Å²) in [6, 6.07) is 4.54.